The first-order valence-corrected chi connectivity index (χ1v) is 14.6. The van der Waals surface area contributed by atoms with Crippen molar-refractivity contribution in [2.24, 2.45) is 0 Å². The number of aromatic nitrogens is 2. The van der Waals surface area contributed by atoms with Crippen LogP contribution in [0.4, 0.5) is 0 Å². The van der Waals surface area contributed by atoms with Gasteiger partial charge in [-0.25, -0.2) is 4.98 Å². The number of hydrogen-bond acceptors (Lipinski definition) is 3. The summed E-state index contributed by atoms with van der Waals surface area (Å²) in [5, 5.41) is 4.70. The molecule has 0 saturated heterocycles. The van der Waals surface area contributed by atoms with Crippen molar-refractivity contribution in [2.75, 3.05) is 0 Å². The molecule has 3 aromatic carbocycles. The molecule has 1 N–H and O–H groups in total. The van der Waals surface area contributed by atoms with Gasteiger partial charge in [0.25, 0.3) is 5.56 Å². The van der Waals surface area contributed by atoms with E-state index < -0.39 is 7.26 Å². The van der Waals surface area contributed by atoms with Gasteiger partial charge in [-0.2, -0.15) is 0 Å². The number of H-pyrrole nitrogens is 1. The van der Waals surface area contributed by atoms with Gasteiger partial charge in [0.05, 0.1) is 5.39 Å². The predicted molar refractivity (Wildman–Crippen MR) is 146 cm³/mol. The molecule has 0 fully saturated rings. The monoisotopic (exact) mass is 516 g/mol. The molecule has 0 saturated carbocycles. The Balaban J connectivity index is 0.00000253. The van der Waals surface area contributed by atoms with Crippen LogP contribution in [0.5, 0.6) is 0 Å². The molecule has 0 aliphatic heterocycles. The minimum atomic E-state index is -2.11. The van der Waals surface area contributed by atoms with Gasteiger partial charge >= 0.3 is 0 Å². The lowest BCUT2D eigenvalue weighted by Crippen LogP contribution is -3.00. The van der Waals surface area contributed by atoms with E-state index in [0.717, 1.165) is 35.3 Å². The third-order valence-electron chi connectivity index (χ3n) is 6.85. The predicted octanol–water partition coefficient (Wildman–Crippen LogP) is 2.36. The normalized spacial score (nSPS) is 13.3. The van der Waals surface area contributed by atoms with Crippen LogP contribution in [0.25, 0.3) is 10.2 Å². The van der Waals surface area contributed by atoms with Crippen molar-refractivity contribution in [3.63, 3.8) is 0 Å². The molecule has 0 radical (unpaired) electrons. The largest absolute Gasteiger partial charge is 1.00 e. The summed E-state index contributed by atoms with van der Waals surface area (Å²) in [6.45, 7) is 0. The van der Waals surface area contributed by atoms with E-state index in [-0.39, 0.29) is 18.0 Å². The molecule has 0 amide bonds. The van der Waals surface area contributed by atoms with E-state index in [0.29, 0.717) is 6.16 Å². The van der Waals surface area contributed by atoms with E-state index >= 15 is 0 Å². The lowest BCUT2D eigenvalue weighted by molar-refractivity contribution is -0.00000675. The Kier molecular flexibility index (Phi) is 6.88. The second-order valence-corrected chi connectivity index (χ2v) is 13.4. The van der Waals surface area contributed by atoms with E-state index in [1.165, 1.54) is 32.8 Å². The van der Waals surface area contributed by atoms with Crippen LogP contribution in [0, 0.1) is 0 Å². The summed E-state index contributed by atoms with van der Waals surface area (Å²) >= 11 is 1.72. The van der Waals surface area contributed by atoms with Gasteiger partial charge in [0.15, 0.2) is 0 Å². The number of benzene rings is 3. The average molecular weight is 517 g/mol. The maximum atomic E-state index is 13.4. The molecule has 35 heavy (non-hydrogen) atoms. The Morgan fingerprint density at radius 2 is 1.29 bits per heavy atom. The summed E-state index contributed by atoms with van der Waals surface area (Å²) in [5.74, 6) is 0.779. The van der Waals surface area contributed by atoms with E-state index in [1.807, 2.05) is 0 Å². The number of thiophene rings is 1. The highest BCUT2D eigenvalue weighted by Crippen LogP contribution is 2.57. The Morgan fingerprint density at radius 1 is 0.771 bits per heavy atom. The summed E-state index contributed by atoms with van der Waals surface area (Å²) in [6.07, 6.45) is 5.10. The summed E-state index contributed by atoms with van der Waals surface area (Å²) < 4.78 is 0. The van der Waals surface area contributed by atoms with Gasteiger partial charge in [0.2, 0.25) is 0 Å². The summed E-state index contributed by atoms with van der Waals surface area (Å²) in [6, 6.07) is 32.3. The zero-order valence-corrected chi connectivity index (χ0v) is 21.8. The minimum absolute atomic E-state index is 0. The number of aryl methyl sites for hydroxylation is 2. The number of rotatable bonds is 5. The van der Waals surface area contributed by atoms with Gasteiger partial charge in [0, 0.05) is 4.88 Å². The standard InChI is InChI=1S/C29H25N2OPS.ClH/c32-28-27-24-18-10-11-19-25(24)34-29(27)31-26(30-28)20-33(21-12-4-1-5-13-21,22-14-6-2-7-15-22)23-16-8-3-9-17-23;/h1-9,12-17H,10-11,18-20H2;1H. The van der Waals surface area contributed by atoms with Crippen LogP contribution >= 0.6 is 18.6 Å². The van der Waals surface area contributed by atoms with Crippen molar-refractivity contribution < 1.29 is 12.4 Å². The lowest BCUT2D eigenvalue weighted by Gasteiger charge is -2.27. The molecule has 1 aliphatic rings. The fourth-order valence-electron chi connectivity index (χ4n) is 5.28. The SMILES string of the molecule is O=c1[nH]c(C[P+](c2ccccc2)(c2ccccc2)c2ccccc2)nc2sc3c(c12)CCCC3.[Cl-]. The van der Waals surface area contributed by atoms with E-state index in [4.69, 9.17) is 4.98 Å². The van der Waals surface area contributed by atoms with Crippen LogP contribution in [0.15, 0.2) is 95.8 Å². The van der Waals surface area contributed by atoms with Crippen molar-refractivity contribution in [1.82, 2.24) is 9.97 Å². The van der Waals surface area contributed by atoms with Gasteiger partial charge in [-0.05, 0) is 67.6 Å². The number of fused-ring (bicyclic) bond motifs is 3. The molecule has 1 aliphatic carbocycles. The molecule has 5 aromatic rings. The second kappa shape index (κ2) is 10.1. The van der Waals surface area contributed by atoms with Crippen molar-refractivity contribution in [3.05, 3.63) is 118 Å². The quantitative estimate of drug-likeness (QED) is 0.365. The van der Waals surface area contributed by atoms with Crippen molar-refractivity contribution in [3.8, 4) is 0 Å². The topological polar surface area (TPSA) is 45.8 Å². The highest BCUT2D eigenvalue weighted by atomic mass is 35.5. The molecule has 0 bridgehead atoms. The Bertz CT molecular complexity index is 1400. The highest BCUT2D eigenvalue weighted by Gasteiger charge is 2.46. The van der Waals surface area contributed by atoms with Crippen LogP contribution in [0.3, 0.4) is 0 Å². The average Bonchev–Trinajstić information content (AvgIpc) is 3.28. The van der Waals surface area contributed by atoms with Gasteiger partial charge in [-0.15, -0.1) is 11.3 Å². The van der Waals surface area contributed by atoms with Crippen LogP contribution < -0.4 is 33.9 Å². The number of nitrogens with zero attached hydrogens (tertiary/aromatic N) is 1. The van der Waals surface area contributed by atoms with Crippen LogP contribution in [0.1, 0.15) is 29.1 Å². The molecular formula is C29H26ClN2OPS. The van der Waals surface area contributed by atoms with E-state index in [9.17, 15) is 4.79 Å². The van der Waals surface area contributed by atoms with Crippen LogP contribution in [0.2, 0.25) is 0 Å². The number of aromatic amines is 1. The van der Waals surface area contributed by atoms with Gasteiger partial charge in [-0.1, -0.05) is 54.6 Å². The molecule has 0 atom stereocenters. The molecule has 176 valence electrons. The molecule has 6 heteroatoms. The Hall–Kier alpha value is -2.78. The van der Waals surface area contributed by atoms with Crippen LogP contribution in [-0.4, -0.2) is 9.97 Å². The molecule has 2 heterocycles. The molecule has 6 rings (SSSR count). The first-order valence-electron chi connectivity index (χ1n) is 11.8. The summed E-state index contributed by atoms with van der Waals surface area (Å²) in [7, 11) is -2.11. The fourth-order valence-corrected chi connectivity index (χ4v) is 10.6. The number of halogens is 1. The molecule has 0 spiro atoms. The minimum Gasteiger partial charge on any atom is -1.00 e. The molecule has 2 aromatic heterocycles. The summed E-state index contributed by atoms with van der Waals surface area (Å²) in [5.41, 5.74) is 1.26. The Morgan fingerprint density at radius 3 is 1.83 bits per heavy atom. The molecule has 3 nitrogen and oxygen atoms in total. The zero-order valence-electron chi connectivity index (χ0n) is 19.3. The molecule has 0 unspecified atom stereocenters. The lowest BCUT2D eigenvalue weighted by atomic mass is 9.97. The van der Waals surface area contributed by atoms with Gasteiger partial charge in [0.1, 0.15) is 40.0 Å². The highest BCUT2D eigenvalue weighted by molar-refractivity contribution is 7.95. The van der Waals surface area contributed by atoms with Crippen molar-refractivity contribution in [1.29, 1.82) is 0 Å². The third kappa shape index (κ3) is 4.25. The van der Waals surface area contributed by atoms with Crippen molar-refractivity contribution in [2.45, 2.75) is 31.8 Å². The first kappa shape index (κ1) is 23.9. The maximum Gasteiger partial charge on any atom is 0.260 e. The summed E-state index contributed by atoms with van der Waals surface area (Å²) in [4.78, 5) is 23.9. The third-order valence-corrected chi connectivity index (χ3v) is 12.4. The fraction of sp³-hybridized carbons (Fsp3) is 0.172. The zero-order chi connectivity index (χ0) is 23.0. The van der Waals surface area contributed by atoms with E-state index in [1.54, 1.807) is 11.3 Å². The molecular weight excluding hydrogens is 491 g/mol. The smallest absolute Gasteiger partial charge is 0.260 e. The Labute approximate surface area is 216 Å². The van der Waals surface area contributed by atoms with Crippen LogP contribution in [-0.2, 0) is 19.0 Å². The number of nitrogens with one attached hydrogen (secondary N) is 1. The first-order chi connectivity index (χ1) is 16.8. The second-order valence-electron chi connectivity index (χ2n) is 8.88. The van der Waals surface area contributed by atoms with Crippen molar-refractivity contribution >= 4 is 44.7 Å². The number of hydrogen-bond donors (Lipinski definition) is 1. The maximum absolute atomic E-state index is 13.4. The van der Waals surface area contributed by atoms with E-state index in [2.05, 4.69) is 96.0 Å². The van der Waals surface area contributed by atoms with Gasteiger partial charge in [-0.3, -0.25) is 4.79 Å². The van der Waals surface area contributed by atoms with Gasteiger partial charge < -0.3 is 17.4 Å².